The zero-order valence-electron chi connectivity index (χ0n) is 14.5. The number of hydrogen-bond donors (Lipinski definition) is 2. The summed E-state index contributed by atoms with van der Waals surface area (Å²) in [5.41, 5.74) is 1.05. The molecule has 3 aromatic heterocycles. The van der Waals surface area contributed by atoms with E-state index in [1.54, 1.807) is 25.1 Å². The number of nitrogens with zero attached hydrogens (tertiary/aromatic N) is 2. The third kappa shape index (κ3) is 2.70. The normalized spacial score (nSPS) is 11.4. The zero-order chi connectivity index (χ0) is 19.3. The summed E-state index contributed by atoms with van der Waals surface area (Å²) in [6.07, 6.45) is 0.387. The van der Waals surface area contributed by atoms with Gasteiger partial charge in [-0.1, -0.05) is 35.9 Å². The predicted octanol–water partition coefficient (Wildman–Crippen LogP) is 4.85. The number of thiazole rings is 1. The van der Waals surface area contributed by atoms with Gasteiger partial charge in [0.25, 0.3) is 0 Å². The van der Waals surface area contributed by atoms with Crippen LogP contribution in [0.3, 0.4) is 0 Å². The first-order chi connectivity index (χ1) is 12.9. The van der Waals surface area contributed by atoms with E-state index in [1.807, 2.05) is 19.1 Å². The minimum absolute atomic E-state index is 0.00898. The molecule has 0 amide bonds. The van der Waals surface area contributed by atoms with Crippen molar-refractivity contribution in [2.45, 2.75) is 20.3 Å². The molecule has 0 aliphatic carbocycles. The number of halogens is 1. The van der Waals surface area contributed by atoms with Gasteiger partial charge in [0, 0.05) is 5.69 Å². The Kier molecular flexibility index (Phi) is 4.20. The molecule has 138 valence electrons. The van der Waals surface area contributed by atoms with Crippen LogP contribution >= 0.6 is 22.9 Å². The van der Waals surface area contributed by atoms with E-state index in [1.165, 1.54) is 15.9 Å². The lowest BCUT2D eigenvalue weighted by Gasteiger charge is -2.05. The first-order valence-electron chi connectivity index (χ1n) is 8.24. The van der Waals surface area contributed by atoms with Crippen LogP contribution in [0.4, 0.5) is 0 Å². The average molecular weight is 403 g/mol. The Morgan fingerprint density at radius 1 is 1.30 bits per heavy atom. The van der Waals surface area contributed by atoms with Crippen LogP contribution in [0.2, 0.25) is 5.02 Å². The molecule has 27 heavy (non-hydrogen) atoms. The lowest BCUT2D eigenvalue weighted by Crippen LogP contribution is -2.06. The SMILES string of the molecule is CCc1c(C(=O)c2ccc(C)o2)c(O)c(O)n1-c1nc2c(Cl)cccc2s1. The van der Waals surface area contributed by atoms with E-state index in [0.29, 0.717) is 33.5 Å². The monoisotopic (exact) mass is 402 g/mol. The van der Waals surface area contributed by atoms with Gasteiger partial charge in [0.2, 0.25) is 11.7 Å². The van der Waals surface area contributed by atoms with Crippen molar-refractivity contribution < 1.29 is 19.4 Å². The van der Waals surface area contributed by atoms with E-state index < -0.39 is 17.4 Å². The molecule has 0 radical (unpaired) electrons. The van der Waals surface area contributed by atoms with Crippen molar-refractivity contribution in [3.63, 3.8) is 0 Å². The highest BCUT2D eigenvalue weighted by atomic mass is 35.5. The van der Waals surface area contributed by atoms with Gasteiger partial charge in [-0.25, -0.2) is 4.98 Å². The molecule has 0 fully saturated rings. The Balaban J connectivity index is 1.93. The molecule has 1 aromatic carbocycles. The van der Waals surface area contributed by atoms with Crippen LogP contribution < -0.4 is 0 Å². The molecule has 0 aliphatic rings. The van der Waals surface area contributed by atoms with Gasteiger partial charge in [-0.3, -0.25) is 9.36 Å². The molecular formula is C19H15ClN2O4S. The Labute approximate surface area is 163 Å². The largest absolute Gasteiger partial charge is 0.503 e. The van der Waals surface area contributed by atoms with Crippen LogP contribution in [0.25, 0.3) is 15.3 Å². The number of ketones is 1. The third-order valence-electron chi connectivity index (χ3n) is 4.29. The molecule has 0 saturated heterocycles. The van der Waals surface area contributed by atoms with Crippen LogP contribution in [0.15, 0.2) is 34.7 Å². The summed E-state index contributed by atoms with van der Waals surface area (Å²) in [6.45, 7) is 3.56. The highest BCUT2D eigenvalue weighted by Gasteiger charge is 2.30. The van der Waals surface area contributed by atoms with E-state index in [4.69, 9.17) is 16.0 Å². The topological polar surface area (TPSA) is 88.5 Å². The van der Waals surface area contributed by atoms with Gasteiger partial charge >= 0.3 is 0 Å². The minimum Gasteiger partial charge on any atom is -0.503 e. The van der Waals surface area contributed by atoms with Crippen molar-refractivity contribution in [3.05, 3.63) is 58.1 Å². The molecule has 6 nitrogen and oxygen atoms in total. The highest BCUT2D eigenvalue weighted by Crippen LogP contribution is 2.41. The number of hydrogen-bond acceptors (Lipinski definition) is 6. The maximum absolute atomic E-state index is 12.9. The van der Waals surface area contributed by atoms with Gasteiger partial charge in [0.05, 0.1) is 15.3 Å². The van der Waals surface area contributed by atoms with Gasteiger partial charge in [-0.05, 0) is 37.6 Å². The van der Waals surface area contributed by atoms with E-state index in [0.717, 1.165) is 4.70 Å². The Morgan fingerprint density at radius 3 is 2.70 bits per heavy atom. The minimum atomic E-state index is -0.495. The van der Waals surface area contributed by atoms with Gasteiger partial charge in [0.1, 0.15) is 11.3 Å². The number of aryl methyl sites for hydroxylation is 1. The van der Waals surface area contributed by atoms with Crippen molar-refractivity contribution in [2.24, 2.45) is 0 Å². The number of aromatic nitrogens is 2. The molecule has 3 heterocycles. The summed E-state index contributed by atoms with van der Waals surface area (Å²) < 4.78 is 7.61. The van der Waals surface area contributed by atoms with E-state index in [-0.39, 0.29) is 11.3 Å². The maximum atomic E-state index is 12.9. The number of furan rings is 1. The first kappa shape index (κ1) is 17.6. The van der Waals surface area contributed by atoms with Crippen molar-refractivity contribution in [3.8, 4) is 16.8 Å². The second kappa shape index (κ2) is 6.44. The number of para-hydroxylation sites is 1. The summed E-state index contributed by atoms with van der Waals surface area (Å²) in [5, 5.41) is 21.9. The predicted molar refractivity (Wildman–Crippen MR) is 104 cm³/mol. The lowest BCUT2D eigenvalue weighted by molar-refractivity contribution is 0.100. The number of aromatic hydroxyl groups is 2. The highest BCUT2D eigenvalue weighted by molar-refractivity contribution is 7.20. The molecule has 4 aromatic rings. The van der Waals surface area contributed by atoms with Gasteiger partial charge in [-0.2, -0.15) is 0 Å². The number of rotatable bonds is 4. The smallest absolute Gasteiger partial charge is 0.242 e. The van der Waals surface area contributed by atoms with E-state index >= 15 is 0 Å². The van der Waals surface area contributed by atoms with Crippen LogP contribution in [-0.4, -0.2) is 25.5 Å². The Bertz CT molecular complexity index is 1190. The second-order valence-electron chi connectivity index (χ2n) is 6.01. The van der Waals surface area contributed by atoms with Crippen LogP contribution in [0.5, 0.6) is 11.6 Å². The Morgan fingerprint density at radius 2 is 2.07 bits per heavy atom. The average Bonchev–Trinajstić information content (AvgIpc) is 3.32. The van der Waals surface area contributed by atoms with Crippen molar-refractivity contribution in [2.75, 3.05) is 0 Å². The molecule has 0 unspecified atom stereocenters. The first-order valence-corrected chi connectivity index (χ1v) is 9.43. The van der Waals surface area contributed by atoms with Gasteiger partial charge in [-0.15, -0.1) is 0 Å². The fourth-order valence-electron chi connectivity index (χ4n) is 3.05. The molecule has 0 aliphatic heterocycles. The van der Waals surface area contributed by atoms with Crippen molar-refractivity contribution >= 4 is 38.9 Å². The number of carbonyl (C=O) groups is 1. The van der Waals surface area contributed by atoms with E-state index in [9.17, 15) is 15.0 Å². The lowest BCUT2D eigenvalue weighted by atomic mass is 10.1. The second-order valence-corrected chi connectivity index (χ2v) is 7.42. The van der Waals surface area contributed by atoms with Gasteiger partial charge in [0.15, 0.2) is 16.6 Å². The third-order valence-corrected chi connectivity index (χ3v) is 5.61. The molecule has 0 spiro atoms. The maximum Gasteiger partial charge on any atom is 0.242 e. The van der Waals surface area contributed by atoms with Gasteiger partial charge < -0.3 is 14.6 Å². The summed E-state index contributed by atoms with van der Waals surface area (Å²) in [7, 11) is 0. The number of benzene rings is 1. The summed E-state index contributed by atoms with van der Waals surface area (Å²) >= 11 is 7.50. The standard InChI is InChI=1S/C19H15ClN2O4S/c1-3-11-14(16(23)12-8-7-9(2)26-12)17(24)18(25)22(11)19-21-15-10(20)5-4-6-13(15)27-19/h4-8,24-25H,3H2,1-2H3. The zero-order valence-corrected chi connectivity index (χ0v) is 16.1. The van der Waals surface area contributed by atoms with Crippen LogP contribution in [-0.2, 0) is 6.42 Å². The van der Waals surface area contributed by atoms with Crippen LogP contribution in [0.1, 0.15) is 34.5 Å². The molecule has 2 N–H and O–H groups in total. The Hall–Kier alpha value is -2.77. The number of fused-ring (bicyclic) bond motifs is 1. The van der Waals surface area contributed by atoms with E-state index in [2.05, 4.69) is 4.98 Å². The molecule has 8 heteroatoms. The molecule has 0 saturated carbocycles. The molecular weight excluding hydrogens is 388 g/mol. The fourth-order valence-corrected chi connectivity index (χ4v) is 4.35. The summed E-state index contributed by atoms with van der Waals surface area (Å²) in [4.78, 5) is 17.4. The molecule has 4 rings (SSSR count). The summed E-state index contributed by atoms with van der Waals surface area (Å²) in [5.74, 6) is -0.738. The molecule has 0 bridgehead atoms. The summed E-state index contributed by atoms with van der Waals surface area (Å²) in [6, 6.07) is 8.63. The van der Waals surface area contributed by atoms with Crippen molar-refractivity contribution in [1.29, 1.82) is 0 Å². The quantitative estimate of drug-likeness (QED) is 0.476. The number of carbonyl (C=O) groups excluding carboxylic acids is 1. The van der Waals surface area contributed by atoms with Crippen molar-refractivity contribution in [1.82, 2.24) is 9.55 Å². The fraction of sp³-hybridized carbons (Fsp3) is 0.158. The van der Waals surface area contributed by atoms with Crippen LogP contribution in [0, 0.1) is 6.92 Å². The molecule has 0 atom stereocenters.